The minimum absolute atomic E-state index is 0.148. The number of anilines is 1. The van der Waals surface area contributed by atoms with Crippen molar-refractivity contribution in [3.8, 4) is 0 Å². The summed E-state index contributed by atoms with van der Waals surface area (Å²) in [5.74, 6) is -0.152. The van der Waals surface area contributed by atoms with Crippen LogP contribution in [0.25, 0.3) is 10.8 Å². The SMILES string of the molecule is O=C(O)[C@H](NC[C@@H](O)CN1CCN(c2nccc3ccc(F)cc23)CC1)C1CCCCC1. The van der Waals surface area contributed by atoms with Crippen LogP contribution in [0, 0.1) is 11.7 Å². The predicted molar refractivity (Wildman–Crippen MR) is 122 cm³/mol. The fraction of sp³-hybridized carbons (Fsp3) is 0.583. The number of rotatable bonds is 8. The van der Waals surface area contributed by atoms with E-state index in [1.54, 1.807) is 12.3 Å². The first-order valence-electron chi connectivity index (χ1n) is 11.7. The molecule has 8 heteroatoms. The van der Waals surface area contributed by atoms with Gasteiger partial charge in [0.05, 0.1) is 6.10 Å². The lowest BCUT2D eigenvalue weighted by atomic mass is 9.84. The molecule has 1 aromatic carbocycles. The number of nitrogens with zero attached hydrogens (tertiary/aromatic N) is 3. The Bertz CT molecular complexity index is 913. The number of fused-ring (bicyclic) bond motifs is 1. The molecule has 0 unspecified atom stereocenters. The number of carboxylic acid groups (broad SMARTS) is 1. The van der Waals surface area contributed by atoms with Crippen LogP contribution in [0.1, 0.15) is 32.1 Å². The maximum absolute atomic E-state index is 13.8. The van der Waals surface area contributed by atoms with Gasteiger partial charge in [0, 0.05) is 50.9 Å². The van der Waals surface area contributed by atoms with Gasteiger partial charge in [-0.25, -0.2) is 9.37 Å². The van der Waals surface area contributed by atoms with Crippen LogP contribution in [0.2, 0.25) is 0 Å². The van der Waals surface area contributed by atoms with Crippen molar-refractivity contribution in [3.05, 3.63) is 36.3 Å². The van der Waals surface area contributed by atoms with Crippen LogP contribution in [0.4, 0.5) is 10.2 Å². The molecule has 174 valence electrons. The molecule has 0 spiro atoms. The summed E-state index contributed by atoms with van der Waals surface area (Å²) in [5.41, 5.74) is 0. The average molecular weight is 445 g/mol. The van der Waals surface area contributed by atoms with Gasteiger partial charge in [0.2, 0.25) is 0 Å². The molecule has 0 amide bonds. The molecule has 1 saturated heterocycles. The first-order chi connectivity index (χ1) is 15.5. The van der Waals surface area contributed by atoms with Crippen LogP contribution in [0.5, 0.6) is 0 Å². The van der Waals surface area contributed by atoms with Crippen LogP contribution >= 0.6 is 0 Å². The number of carbonyl (C=O) groups is 1. The fourth-order valence-electron chi connectivity index (χ4n) is 5.07. The van der Waals surface area contributed by atoms with E-state index < -0.39 is 18.1 Å². The number of halogens is 1. The van der Waals surface area contributed by atoms with Crippen molar-refractivity contribution >= 4 is 22.6 Å². The number of carboxylic acids is 1. The Morgan fingerprint density at radius 1 is 1.16 bits per heavy atom. The van der Waals surface area contributed by atoms with Crippen molar-refractivity contribution < 1.29 is 19.4 Å². The Balaban J connectivity index is 1.27. The topological polar surface area (TPSA) is 88.9 Å². The molecule has 32 heavy (non-hydrogen) atoms. The number of benzene rings is 1. The van der Waals surface area contributed by atoms with E-state index in [9.17, 15) is 19.4 Å². The van der Waals surface area contributed by atoms with Crippen molar-refractivity contribution in [2.75, 3.05) is 44.2 Å². The summed E-state index contributed by atoms with van der Waals surface area (Å²) in [6.45, 7) is 3.77. The Labute approximate surface area is 188 Å². The second-order valence-electron chi connectivity index (χ2n) is 9.06. The lowest BCUT2D eigenvalue weighted by molar-refractivity contribution is -0.141. The van der Waals surface area contributed by atoms with Crippen molar-refractivity contribution in [1.29, 1.82) is 0 Å². The van der Waals surface area contributed by atoms with E-state index in [0.717, 1.165) is 68.5 Å². The van der Waals surface area contributed by atoms with Gasteiger partial charge in [-0.15, -0.1) is 0 Å². The molecule has 2 aliphatic rings. The molecule has 2 atom stereocenters. The highest BCUT2D eigenvalue weighted by Crippen LogP contribution is 2.27. The molecular formula is C24H33FN4O3. The third-order valence-corrected chi connectivity index (χ3v) is 6.81. The van der Waals surface area contributed by atoms with Gasteiger partial charge in [-0.1, -0.05) is 25.3 Å². The van der Waals surface area contributed by atoms with Crippen LogP contribution in [0.15, 0.2) is 30.5 Å². The molecule has 1 aliphatic carbocycles. The molecule has 7 nitrogen and oxygen atoms in total. The molecular weight excluding hydrogens is 411 g/mol. The van der Waals surface area contributed by atoms with E-state index in [1.807, 2.05) is 6.07 Å². The first kappa shape index (κ1) is 22.9. The predicted octanol–water partition coefficient (Wildman–Crippen LogP) is 2.48. The fourth-order valence-corrected chi connectivity index (χ4v) is 5.07. The molecule has 2 fully saturated rings. The van der Waals surface area contributed by atoms with Crippen LogP contribution in [-0.4, -0.2) is 77.5 Å². The molecule has 4 rings (SSSR count). The zero-order valence-electron chi connectivity index (χ0n) is 18.4. The second-order valence-corrected chi connectivity index (χ2v) is 9.06. The summed E-state index contributed by atoms with van der Waals surface area (Å²) in [5, 5.41) is 25.0. The average Bonchev–Trinajstić information content (AvgIpc) is 2.80. The molecule has 1 aromatic heterocycles. The summed E-state index contributed by atoms with van der Waals surface area (Å²) in [6.07, 6.45) is 6.35. The number of hydrogen-bond donors (Lipinski definition) is 3. The number of aliphatic hydroxyl groups is 1. The standard InChI is InChI=1S/C24H33FN4O3/c25-19-7-6-17-8-9-26-23(21(17)14-19)29-12-10-28(11-13-29)16-20(30)15-27-22(24(31)32)18-4-2-1-3-5-18/h6-9,14,18,20,22,27,30H,1-5,10-13,15-16H2,(H,31,32)/t20-,22-/m1/s1. The largest absolute Gasteiger partial charge is 0.480 e. The summed E-state index contributed by atoms with van der Waals surface area (Å²) in [4.78, 5) is 20.5. The van der Waals surface area contributed by atoms with E-state index in [2.05, 4.69) is 20.1 Å². The zero-order chi connectivity index (χ0) is 22.5. The molecule has 2 aromatic rings. The number of aromatic nitrogens is 1. The molecule has 2 heterocycles. The van der Waals surface area contributed by atoms with Crippen LogP contribution in [0.3, 0.4) is 0 Å². The number of nitrogens with one attached hydrogen (secondary N) is 1. The minimum atomic E-state index is -0.822. The van der Waals surface area contributed by atoms with Crippen molar-refractivity contribution in [3.63, 3.8) is 0 Å². The van der Waals surface area contributed by atoms with E-state index in [-0.39, 0.29) is 18.3 Å². The molecule has 3 N–H and O–H groups in total. The Hall–Kier alpha value is -2.29. The van der Waals surface area contributed by atoms with Crippen LogP contribution in [-0.2, 0) is 4.79 Å². The normalized spacial score (nSPS) is 20.4. The summed E-state index contributed by atoms with van der Waals surface area (Å²) in [6, 6.07) is 6.07. The zero-order valence-corrected chi connectivity index (χ0v) is 18.4. The molecule has 1 saturated carbocycles. The van der Waals surface area contributed by atoms with Crippen molar-refractivity contribution in [2.24, 2.45) is 5.92 Å². The van der Waals surface area contributed by atoms with Gasteiger partial charge in [-0.2, -0.15) is 0 Å². The number of aliphatic carboxylic acids is 1. The summed E-state index contributed by atoms with van der Waals surface area (Å²) < 4.78 is 13.8. The maximum Gasteiger partial charge on any atom is 0.320 e. The summed E-state index contributed by atoms with van der Waals surface area (Å²) >= 11 is 0. The number of piperazine rings is 1. The third kappa shape index (κ3) is 5.54. The maximum atomic E-state index is 13.8. The lowest BCUT2D eigenvalue weighted by Crippen LogP contribution is -2.52. The van der Waals surface area contributed by atoms with E-state index in [1.165, 1.54) is 18.6 Å². The van der Waals surface area contributed by atoms with Gasteiger partial charge in [-0.3, -0.25) is 9.69 Å². The summed E-state index contributed by atoms with van der Waals surface area (Å²) in [7, 11) is 0. The second kappa shape index (κ2) is 10.6. The smallest absolute Gasteiger partial charge is 0.320 e. The van der Waals surface area contributed by atoms with E-state index >= 15 is 0 Å². The Kier molecular flexibility index (Phi) is 7.55. The van der Waals surface area contributed by atoms with E-state index in [4.69, 9.17) is 0 Å². The molecule has 0 radical (unpaired) electrons. The Morgan fingerprint density at radius 3 is 2.62 bits per heavy atom. The molecule has 1 aliphatic heterocycles. The number of hydrogen-bond acceptors (Lipinski definition) is 6. The van der Waals surface area contributed by atoms with Gasteiger partial charge < -0.3 is 20.4 Å². The highest BCUT2D eigenvalue weighted by Gasteiger charge is 2.30. The molecule has 0 bridgehead atoms. The number of aliphatic hydroxyl groups excluding tert-OH is 1. The van der Waals surface area contributed by atoms with Gasteiger partial charge in [0.25, 0.3) is 0 Å². The Morgan fingerprint density at radius 2 is 1.91 bits per heavy atom. The van der Waals surface area contributed by atoms with Gasteiger partial charge in [0.15, 0.2) is 0 Å². The number of β-amino-alcohol motifs (C(OH)–C–C–N with tert-alkyl or cyclic N) is 1. The lowest BCUT2D eigenvalue weighted by Gasteiger charge is -2.37. The highest BCUT2D eigenvalue weighted by atomic mass is 19.1. The van der Waals surface area contributed by atoms with Gasteiger partial charge in [0.1, 0.15) is 17.7 Å². The van der Waals surface area contributed by atoms with Crippen molar-refractivity contribution in [1.82, 2.24) is 15.2 Å². The monoisotopic (exact) mass is 444 g/mol. The van der Waals surface area contributed by atoms with E-state index in [0.29, 0.717) is 6.54 Å². The highest BCUT2D eigenvalue weighted by molar-refractivity contribution is 5.92. The van der Waals surface area contributed by atoms with Crippen molar-refractivity contribution in [2.45, 2.75) is 44.2 Å². The number of pyridine rings is 1. The van der Waals surface area contributed by atoms with Gasteiger partial charge in [-0.05, 0) is 42.3 Å². The van der Waals surface area contributed by atoms with Gasteiger partial charge >= 0.3 is 5.97 Å². The first-order valence-corrected chi connectivity index (χ1v) is 11.7. The minimum Gasteiger partial charge on any atom is -0.480 e. The third-order valence-electron chi connectivity index (χ3n) is 6.81. The quantitative estimate of drug-likeness (QED) is 0.576. The van der Waals surface area contributed by atoms with Crippen LogP contribution < -0.4 is 10.2 Å².